The molecule has 0 bridgehead atoms. The summed E-state index contributed by atoms with van der Waals surface area (Å²) in [7, 11) is 0. The van der Waals surface area contributed by atoms with E-state index >= 15 is 0 Å². The van der Waals surface area contributed by atoms with Crippen molar-refractivity contribution in [1.29, 1.82) is 0 Å². The zero-order valence-corrected chi connectivity index (χ0v) is 7.57. The first-order chi connectivity index (χ1) is 6.95. The first-order valence-corrected chi connectivity index (χ1v) is 4.60. The Kier molecular flexibility index (Phi) is 1.51. The molecule has 0 aliphatic rings. The number of aromatic nitrogens is 1. The van der Waals surface area contributed by atoms with Crippen molar-refractivity contribution in [2.24, 2.45) is 0 Å². The van der Waals surface area contributed by atoms with Gasteiger partial charge in [0.25, 0.3) is 0 Å². The number of benzene rings is 2. The van der Waals surface area contributed by atoms with Crippen LogP contribution in [0, 0.1) is 6.20 Å². The summed E-state index contributed by atoms with van der Waals surface area (Å²) in [5, 5.41) is 3.59. The summed E-state index contributed by atoms with van der Waals surface area (Å²) >= 11 is 0. The minimum Gasteiger partial charge on any atom is -0.386 e. The van der Waals surface area contributed by atoms with Crippen LogP contribution in [0.2, 0.25) is 0 Å². The zero-order chi connectivity index (χ0) is 9.38. The minimum absolute atomic E-state index is 1.03. The van der Waals surface area contributed by atoms with Gasteiger partial charge < -0.3 is 4.98 Å². The predicted molar refractivity (Wildman–Crippen MR) is 58.1 cm³/mol. The maximum atomic E-state index is 4.28. The quantitative estimate of drug-likeness (QED) is 0.380. The summed E-state index contributed by atoms with van der Waals surface area (Å²) < 4.78 is 0. The molecule has 0 fully saturated rings. The number of rotatable bonds is 0. The molecule has 0 unspecified atom stereocenters. The molecule has 14 heavy (non-hydrogen) atoms. The largest absolute Gasteiger partial charge is 0.386 e. The van der Waals surface area contributed by atoms with Gasteiger partial charge in [0.1, 0.15) is 0 Å². The molecule has 1 heterocycles. The van der Waals surface area contributed by atoms with Crippen molar-refractivity contribution in [1.82, 2.24) is 4.98 Å². The molecule has 0 atom stereocenters. The van der Waals surface area contributed by atoms with E-state index in [4.69, 9.17) is 0 Å². The maximum Gasteiger partial charge on any atom is -0.0286 e. The lowest BCUT2D eigenvalue weighted by atomic mass is 10.1. The molecule has 0 radical (unpaired) electrons. The topological polar surface area (TPSA) is 12.9 Å². The van der Waals surface area contributed by atoms with E-state index in [1.54, 1.807) is 0 Å². The van der Waals surface area contributed by atoms with Crippen LogP contribution in [0.4, 0.5) is 0 Å². The Morgan fingerprint density at radius 2 is 1.71 bits per heavy atom. The molecule has 1 heteroatoms. The molecule has 1 aromatic heterocycles. The minimum atomic E-state index is 1.03. The molecule has 0 amide bonds. The number of pyridine rings is 1. The highest BCUT2D eigenvalue weighted by molar-refractivity contribution is 6.04. The Balaban J connectivity index is 2.61. The number of fused-ring (bicyclic) bond motifs is 3. The van der Waals surface area contributed by atoms with Crippen molar-refractivity contribution in [3.8, 4) is 0 Å². The van der Waals surface area contributed by atoms with Gasteiger partial charge in [-0.1, -0.05) is 42.6 Å². The first kappa shape index (κ1) is 7.51. The Bertz CT molecular complexity index is 544. The maximum absolute atomic E-state index is 4.28. The van der Waals surface area contributed by atoms with Gasteiger partial charge in [-0.15, -0.1) is 5.39 Å². The SMILES string of the molecule is [c-]1ccc2ccc3ccccc3c2n1. The second-order valence-electron chi connectivity index (χ2n) is 3.30. The lowest BCUT2D eigenvalue weighted by Crippen LogP contribution is -1.80. The van der Waals surface area contributed by atoms with E-state index in [2.05, 4.69) is 35.4 Å². The molecule has 0 saturated carbocycles. The van der Waals surface area contributed by atoms with Crippen molar-refractivity contribution in [3.63, 3.8) is 0 Å². The second-order valence-corrected chi connectivity index (χ2v) is 3.30. The van der Waals surface area contributed by atoms with E-state index in [1.165, 1.54) is 16.2 Å². The third-order valence-electron chi connectivity index (χ3n) is 2.45. The van der Waals surface area contributed by atoms with Crippen LogP contribution < -0.4 is 0 Å². The van der Waals surface area contributed by atoms with Gasteiger partial charge in [-0.2, -0.15) is 12.1 Å². The highest BCUT2D eigenvalue weighted by atomic mass is 14.6. The van der Waals surface area contributed by atoms with Crippen molar-refractivity contribution in [2.75, 3.05) is 0 Å². The number of nitrogens with zero attached hydrogens (tertiary/aromatic N) is 1. The van der Waals surface area contributed by atoms with Crippen molar-refractivity contribution >= 4 is 21.7 Å². The Labute approximate surface area is 82.0 Å². The molecule has 0 aliphatic carbocycles. The molecular formula is C13H8N-. The molecule has 0 saturated heterocycles. The molecule has 2 aromatic carbocycles. The van der Waals surface area contributed by atoms with E-state index in [9.17, 15) is 0 Å². The number of hydrogen-bond donors (Lipinski definition) is 0. The molecule has 66 valence electrons. The van der Waals surface area contributed by atoms with Crippen LogP contribution in [-0.4, -0.2) is 4.98 Å². The predicted octanol–water partition coefficient (Wildman–Crippen LogP) is 3.19. The summed E-state index contributed by atoms with van der Waals surface area (Å²) in [6, 6.07) is 16.4. The van der Waals surface area contributed by atoms with E-state index < -0.39 is 0 Å². The third-order valence-corrected chi connectivity index (χ3v) is 2.45. The van der Waals surface area contributed by atoms with Gasteiger partial charge >= 0.3 is 0 Å². The molecule has 0 aliphatic heterocycles. The fourth-order valence-electron chi connectivity index (χ4n) is 1.76. The van der Waals surface area contributed by atoms with E-state index in [1.807, 2.05) is 24.3 Å². The summed E-state index contributed by atoms with van der Waals surface area (Å²) in [6.45, 7) is 0. The Morgan fingerprint density at radius 3 is 2.71 bits per heavy atom. The average molecular weight is 178 g/mol. The highest BCUT2D eigenvalue weighted by Crippen LogP contribution is 2.22. The van der Waals surface area contributed by atoms with Gasteiger partial charge in [0.2, 0.25) is 0 Å². The Morgan fingerprint density at radius 1 is 0.857 bits per heavy atom. The van der Waals surface area contributed by atoms with E-state index in [0.29, 0.717) is 0 Å². The van der Waals surface area contributed by atoms with Crippen molar-refractivity contribution < 1.29 is 0 Å². The van der Waals surface area contributed by atoms with Gasteiger partial charge in [0, 0.05) is 0 Å². The third kappa shape index (κ3) is 0.990. The fraction of sp³-hybridized carbons (Fsp3) is 0. The second kappa shape index (κ2) is 2.81. The van der Waals surface area contributed by atoms with E-state index in [0.717, 1.165) is 5.52 Å². The normalized spacial score (nSPS) is 10.9. The lowest BCUT2D eigenvalue weighted by Gasteiger charge is -2.08. The van der Waals surface area contributed by atoms with Gasteiger partial charge in [0.15, 0.2) is 0 Å². The van der Waals surface area contributed by atoms with Crippen LogP contribution in [-0.2, 0) is 0 Å². The van der Waals surface area contributed by atoms with Gasteiger partial charge in [-0.25, -0.2) is 0 Å². The van der Waals surface area contributed by atoms with Gasteiger partial charge in [-0.3, -0.25) is 0 Å². The van der Waals surface area contributed by atoms with Crippen LogP contribution in [0.5, 0.6) is 0 Å². The van der Waals surface area contributed by atoms with Crippen LogP contribution in [0.1, 0.15) is 0 Å². The summed E-state index contributed by atoms with van der Waals surface area (Å²) in [5.41, 5.74) is 1.03. The van der Waals surface area contributed by atoms with Crippen LogP contribution in [0.25, 0.3) is 21.7 Å². The fourth-order valence-corrected chi connectivity index (χ4v) is 1.76. The Hall–Kier alpha value is -1.89. The summed E-state index contributed by atoms with van der Waals surface area (Å²) in [5.74, 6) is 0. The lowest BCUT2D eigenvalue weighted by molar-refractivity contribution is 1.41. The number of hydrogen-bond acceptors (Lipinski definition) is 1. The van der Waals surface area contributed by atoms with Crippen LogP contribution in [0.15, 0.2) is 48.5 Å². The average Bonchev–Trinajstić information content (AvgIpc) is 2.29. The molecule has 3 aromatic rings. The first-order valence-electron chi connectivity index (χ1n) is 4.60. The molecular weight excluding hydrogens is 170 g/mol. The highest BCUT2D eigenvalue weighted by Gasteiger charge is 1.92. The van der Waals surface area contributed by atoms with Gasteiger partial charge in [0.05, 0.1) is 0 Å². The van der Waals surface area contributed by atoms with Crippen LogP contribution >= 0.6 is 0 Å². The standard InChI is InChI=1S/C13H8N/c1-2-6-12-10(4-1)7-8-11-5-3-9-14-13(11)12/h1-8H/q-1. The molecule has 0 N–H and O–H groups in total. The molecule has 1 nitrogen and oxygen atoms in total. The zero-order valence-electron chi connectivity index (χ0n) is 7.57. The summed E-state index contributed by atoms with van der Waals surface area (Å²) in [6.07, 6.45) is 2.88. The van der Waals surface area contributed by atoms with Crippen LogP contribution in [0.3, 0.4) is 0 Å². The van der Waals surface area contributed by atoms with E-state index in [-0.39, 0.29) is 0 Å². The monoisotopic (exact) mass is 178 g/mol. The summed E-state index contributed by atoms with van der Waals surface area (Å²) in [4.78, 5) is 4.28. The van der Waals surface area contributed by atoms with Crippen molar-refractivity contribution in [2.45, 2.75) is 0 Å². The van der Waals surface area contributed by atoms with Crippen molar-refractivity contribution in [3.05, 3.63) is 54.7 Å². The van der Waals surface area contributed by atoms with Gasteiger partial charge in [-0.05, 0) is 16.3 Å². The molecule has 3 rings (SSSR count). The molecule has 0 spiro atoms. The smallest absolute Gasteiger partial charge is 0.0286 e.